The number of rotatable bonds is 47. The van der Waals surface area contributed by atoms with Crippen LogP contribution < -0.4 is 111 Å². The minimum absolute atomic E-state index is 0.00468. The van der Waals surface area contributed by atoms with Gasteiger partial charge in [-0.2, -0.15) is 0 Å². The van der Waals surface area contributed by atoms with Gasteiger partial charge in [0.1, 0.15) is 66.2 Å². The summed E-state index contributed by atoms with van der Waals surface area (Å²) in [5.41, 5.74) is 56.9. The van der Waals surface area contributed by atoms with Crippen LogP contribution in [0.1, 0.15) is 137 Å². The Morgan fingerprint density at radius 3 is 1.06 bits per heavy atom. The molecule has 31 N–H and O–H groups in total. The van der Waals surface area contributed by atoms with Gasteiger partial charge in [-0.15, -0.1) is 0 Å². The van der Waals surface area contributed by atoms with Crippen LogP contribution in [0.5, 0.6) is 5.75 Å². The minimum atomic E-state index is -1.55. The first-order valence-electron chi connectivity index (χ1n) is 34.2. The molecule has 568 valence electrons. The Morgan fingerprint density at radius 2 is 0.686 bits per heavy atom. The maximum absolute atomic E-state index is 15.0. The van der Waals surface area contributed by atoms with Gasteiger partial charge in [-0.1, -0.05) is 96.8 Å². The summed E-state index contributed by atoms with van der Waals surface area (Å²) in [6, 6.07) is -0.125. The number of guanidine groups is 4. The van der Waals surface area contributed by atoms with Crippen molar-refractivity contribution in [2.75, 3.05) is 26.2 Å². The van der Waals surface area contributed by atoms with E-state index in [0.29, 0.717) is 24.0 Å². The van der Waals surface area contributed by atoms with Crippen molar-refractivity contribution in [2.45, 2.75) is 205 Å². The molecule has 0 saturated heterocycles. The molecule has 0 spiro atoms. The van der Waals surface area contributed by atoms with E-state index in [-0.39, 0.29) is 132 Å². The molecule has 0 unspecified atom stereocenters. The zero-order valence-corrected chi connectivity index (χ0v) is 59.8. The van der Waals surface area contributed by atoms with Crippen molar-refractivity contribution in [2.24, 2.45) is 95.1 Å². The third-order valence-electron chi connectivity index (χ3n) is 16.4. The number of aliphatic imine (C=N–C) groups is 4. The molecular formula is C66H112N24O12. The first kappa shape index (κ1) is 87.5. The average molecular weight is 1430 g/mol. The Kier molecular flexibility index (Phi) is 39.5. The molecular weight excluding hydrogens is 1320 g/mol. The quantitative estimate of drug-likeness (QED) is 0.0168. The molecule has 36 nitrogen and oxygen atoms in total. The number of primary amides is 1. The second-order valence-corrected chi connectivity index (χ2v) is 25.6. The SMILES string of the molecule is CC[C@H](C)[C@H](NC(=O)[C@H](CCCN=C(N)N)NC(=O)[C@H](C)NC(=O)[C@H](C)N)C(=O)N[C@H](C(=O)N[C@@H](CC(C)C)C(=O)N[C@@H](CCCN=C(N)N)C(=O)N[C@@H](Cc1ccc(O)cc1)C(=O)N[C@@H](CCCN=C(N)N)C(=O)N[C@@H](Cc1ccccc1)C(=O)N[C@@H](CCCN=C(N)N)C(N)=O)[C@@H](C)CC. The van der Waals surface area contributed by atoms with Crippen molar-refractivity contribution in [3.05, 3.63) is 65.7 Å². The lowest BCUT2D eigenvalue weighted by molar-refractivity contribution is -0.137. The first-order valence-corrected chi connectivity index (χ1v) is 34.2. The number of carbonyl (C=O) groups is 11. The van der Waals surface area contributed by atoms with Gasteiger partial charge in [0.15, 0.2) is 23.8 Å². The highest BCUT2D eigenvalue weighted by Gasteiger charge is 2.38. The Balaban J connectivity index is 2.68. The molecule has 13 atom stereocenters. The van der Waals surface area contributed by atoms with Crippen LogP contribution in [0.4, 0.5) is 0 Å². The monoisotopic (exact) mass is 1430 g/mol. The fourth-order valence-corrected chi connectivity index (χ4v) is 10.2. The van der Waals surface area contributed by atoms with Gasteiger partial charge in [0, 0.05) is 39.0 Å². The number of hydrogen-bond donors (Lipinski definition) is 21. The molecule has 0 heterocycles. The van der Waals surface area contributed by atoms with E-state index >= 15 is 0 Å². The number of carbonyl (C=O) groups excluding carboxylic acids is 11. The van der Waals surface area contributed by atoms with E-state index in [1.165, 1.54) is 38.1 Å². The summed E-state index contributed by atoms with van der Waals surface area (Å²) >= 11 is 0. The molecule has 0 aromatic heterocycles. The van der Waals surface area contributed by atoms with Gasteiger partial charge >= 0.3 is 0 Å². The summed E-state index contributed by atoms with van der Waals surface area (Å²) < 4.78 is 0. The lowest BCUT2D eigenvalue weighted by atomic mass is 9.94. The van der Waals surface area contributed by atoms with Gasteiger partial charge in [-0.25, -0.2) is 0 Å². The molecule has 36 heteroatoms. The number of nitrogens with zero attached hydrogens (tertiary/aromatic N) is 4. The molecule has 0 saturated carbocycles. The molecule has 2 aromatic rings. The number of nitrogens with one attached hydrogen (secondary N) is 10. The van der Waals surface area contributed by atoms with Crippen LogP contribution in [0.3, 0.4) is 0 Å². The predicted molar refractivity (Wildman–Crippen MR) is 388 cm³/mol. The van der Waals surface area contributed by atoms with E-state index in [9.17, 15) is 57.8 Å². The Morgan fingerprint density at radius 1 is 0.373 bits per heavy atom. The number of benzene rings is 2. The standard InChI is InChI=1S/C66H112N24O12/c1-9-36(5)50(90-62(102)51(37(6)10-2)89-57(97)46(23-17-31-80-66(75)76)83-54(94)39(8)81-53(93)38(7)67)61(101)88-47(32-35(3)4)58(98)84-44(21-15-29-78-64(71)72)55(95)87-49(34-41-24-26-42(91)27-25-41)60(100)85-45(22-16-30-79-65(73)74)56(96)86-48(33-40-18-12-11-13-19-40)59(99)82-43(52(68)92)20-14-28-77-63(69)70/h11-13,18-19,24-27,35-39,43-51,91H,9-10,14-17,20-23,28-34,67H2,1-8H3,(H2,68,92)(H,81,93)(H,82,99)(H,83,94)(H,84,98)(H,85,100)(H,86,96)(H,87,95)(H,88,101)(H,89,97)(H,90,102)(H4,69,70,77)(H4,71,72,78)(H4,73,74,79)(H4,75,76,80)/t36-,37-,38-,39-,43-,44-,45-,46-,47-,48-,49-,50-,51-/m0/s1. The van der Waals surface area contributed by atoms with Crippen LogP contribution in [0.15, 0.2) is 74.6 Å². The van der Waals surface area contributed by atoms with Gasteiger partial charge in [-0.05, 0) is 113 Å². The Labute approximate surface area is 595 Å². The zero-order chi connectivity index (χ0) is 76.8. The van der Waals surface area contributed by atoms with E-state index in [1.54, 1.807) is 71.9 Å². The topological polar surface area (TPSA) is 638 Å². The van der Waals surface area contributed by atoms with Crippen LogP contribution in [-0.2, 0) is 65.6 Å². The number of amides is 11. The molecule has 2 aromatic carbocycles. The van der Waals surface area contributed by atoms with Crippen LogP contribution in [0.25, 0.3) is 0 Å². The molecule has 102 heavy (non-hydrogen) atoms. The highest BCUT2D eigenvalue weighted by molar-refractivity contribution is 5.99. The molecule has 11 amide bonds. The summed E-state index contributed by atoms with van der Waals surface area (Å²) in [6.45, 7) is 13.5. The van der Waals surface area contributed by atoms with Crippen LogP contribution in [0, 0.1) is 17.8 Å². The summed E-state index contributed by atoms with van der Waals surface area (Å²) in [6.07, 6.45) is 0.637. The summed E-state index contributed by atoms with van der Waals surface area (Å²) in [7, 11) is 0. The molecule has 0 aliphatic heterocycles. The number of phenolic OH excluding ortho intramolecular Hbond substituents is 1. The van der Waals surface area contributed by atoms with Crippen molar-refractivity contribution in [1.29, 1.82) is 0 Å². The molecule has 0 radical (unpaired) electrons. The van der Waals surface area contributed by atoms with E-state index in [0.717, 1.165) is 0 Å². The largest absolute Gasteiger partial charge is 0.508 e. The highest BCUT2D eigenvalue weighted by atomic mass is 16.3. The van der Waals surface area contributed by atoms with E-state index < -0.39 is 143 Å². The third-order valence-corrected chi connectivity index (χ3v) is 16.4. The van der Waals surface area contributed by atoms with Crippen molar-refractivity contribution in [3.8, 4) is 5.75 Å². The fourth-order valence-electron chi connectivity index (χ4n) is 10.2. The fraction of sp³-hybridized carbons (Fsp3) is 0.591. The summed E-state index contributed by atoms with van der Waals surface area (Å²) in [5, 5.41) is 37.2. The maximum Gasteiger partial charge on any atom is 0.243 e. The normalized spacial score (nSPS) is 14.8. The second kappa shape index (κ2) is 46.0. The van der Waals surface area contributed by atoms with Crippen LogP contribution >= 0.6 is 0 Å². The average Bonchev–Trinajstić information content (AvgIpc) is 0.848. The highest BCUT2D eigenvalue weighted by Crippen LogP contribution is 2.18. The van der Waals surface area contributed by atoms with E-state index in [2.05, 4.69) is 73.1 Å². The number of nitrogens with two attached hydrogens (primary N) is 10. The zero-order valence-electron chi connectivity index (χ0n) is 59.8. The smallest absolute Gasteiger partial charge is 0.243 e. The Bertz CT molecular complexity index is 3170. The number of phenols is 1. The van der Waals surface area contributed by atoms with Gasteiger partial charge in [0.25, 0.3) is 0 Å². The molecule has 0 aliphatic carbocycles. The lowest BCUT2D eigenvalue weighted by Crippen LogP contribution is -2.62. The first-order chi connectivity index (χ1) is 48.1. The van der Waals surface area contributed by atoms with Gasteiger partial charge < -0.3 is 116 Å². The molecule has 0 fully saturated rings. The number of hydrogen-bond acceptors (Lipinski definition) is 17. The van der Waals surface area contributed by atoms with Crippen molar-refractivity contribution in [3.63, 3.8) is 0 Å². The van der Waals surface area contributed by atoms with Crippen molar-refractivity contribution >= 4 is 88.8 Å². The second-order valence-electron chi connectivity index (χ2n) is 25.6. The van der Waals surface area contributed by atoms with Crippen molar-refractivity contribution < 1.29 is 57.8 Å². The molecule has 0 aliphatic rings. The number of aromatic hydroxyl groups is 1. The minimum Gasteiger partial charge on any atom is -0.508 e. The maximum atomic E-state index is 15.0. The molecule has 0 bridgehead atoms. The van der Waals surface area contributed by atoms with Gasteiger partial charge in [0.05, 0.1) is 6.04 Å². The van der Waals surface area contributed by atoms with E-state index in [4.69, 9.17) is 57.3 Å². The van der Waals surface area contributed by atoms with Crippen LogP contribution in [0.2, 0.25) is 0 Å². The van der Waals surface area contributed by atoms with Gasteiger partial charge in [-0.3, -0.25) is 72.7 Å². The predicted octanol–water partition coefficient (Wildman–Crippen LogP) is -4.77. The van der Waals surface area contributed by atoms with Crippen LogP contribution in [-0.4, -0.2) is 187 Å². The summed E-state index contributed by atoms with van der Waals surface area (Å²) in [4.78, 5) is 171. The third kappa shape index (κ3) is 34.0. The lowest BCUT2D eigenvalue weighted by Gasteiger charge is -2.31. The van der Waals surface area contributed by atoms with Gasteiger partial charge in [0.2, 0.25) is 65.0 Å². The Hall–Kier alpha value is -10.6. The summed E-state index contributed by atoms with van der Waals surface area (Å²) in [5.74, 6) is -11.4. The molecule has 2 rings (SSSR count). The van der Waals surface area contributed by atoms with E-state index in [1.807, 2.05) is 0 Å². The van der Waals surface area contributed by atoms with Crippen molar-refractivity contribution in [1.82, 2.24) is 53.2 Å².